The Kier molecular flexibility index (Phi) is 4.98. The maximum atomic E-state index is 13.6. The summed E-state index contributed by atoms with van der Waals surface area (Å²) in [5.41, 5.74) is 1.96. The van der Waals surface area contributed by atoms with Crippen LogP contribution >= 0.6 is 0 Å². The third-order valence-electron chi connectivity index (χ3n) is 5.32. The lowest BCUT2D eigenvalue weighted by molar-refractivity contribution is -0.127. The van der Waals surface area contributed by atoms with Crippen molar-refractivity contribution in [1.29, 1.82) is 0 Å². The standard InChI is InChI=1S/C25H26N2O3/c1-25(2,3)26-23(28)22(16-9-6-5-7-10-16)27-15-17-13-14-18-19(21(17)24(27)29)11-8-12-20(18)30-4/h5-14,22H,15H2,1-4H3,(H,26,28). The predicted molar refractivity (Wildman–Crippen MR) is 117 cm³/mol. The number of rotatable bonds is 4. The van der Waals surface area contributed by atoms with Crippen LogP contribution in [-0.4, -0.2) is 29.4 Å². The van der Waals surface area contributed by atoms with Crippen molar-refractivity contribution in [3.05, 3.63) is 77.4 Å². The molecule has 2 amide bonds. The van der Waals surface area contributed by atoms with Gasteiger partial charge in [0.2, 0.25) is 5.91 Å². The Balaban J connectivity index is 1.80. The van der Waals surface area contributed by atoms with E-state index in [-0.39, 0.29) is 11.8 Å². The van der Waals surface area contributed by atoms with Gasteiger partial charge in [0.05, 0.1) is 12.7 Å². The number of ether oxygens (including phenoxy) is 1. The molecule has 1 N–H and O–H groups in total. The molecule has 1 atom stereocenters. The van der Waals surface area contributed by atoms with Crippen LogP contribution < -0.4 is 10.1 Å². The summed E-state index contributed by atoms with van der Waals surface area (Å²) in [4.78, 5) is 28.5. The molecule has 5 heteroatoms. The molecule has 0 saturated heterocycles. The topological polar surface area (TPSA) is 58.6 Å². The lowest BCUT2D eigenvalue weighted by Crippen LogP contribution is -2.47. The highest BCUT2D eigenvalue weighted by Gasteiger charge is 2.39. The SMILES string of the molecule is COc1cccc2c3c(ccc12)CN(C(C(=O)NC(C)(C)C)c1ccccc1)C3=O. The van der Waals surface area contributed by atoms with E-state index in [1.54, 1.807) is 12.0 Å². The van der Waals surface area contributed by atoms with Crippen LogP contribution in [0.15, 0.2) is 60.7 Å². The molecular formula is C25H26N2O3. The molecule has 154 valence electrons. The van der Waals surface area contributed by atoms with Crippen molar-refractivity contribution in [3.63, 3.8) is 0 Å². The van der Waals surface area contributed by atoms with Crippen molar-refractivity contribution >= 4 is 22.6 Å². The van der Waals surface area contributed by atoms with Crippen LogP contribution in [0.4, 0.5) is 0 Å². The number of carbonyl (C=O) groups is 2. The average molecular weight is 402 g/mol. The number of amides is 2. The molecule has 3 aromatic carbocycles. The Morgan fingerprint density at radius 2 is 1.73 bits per heavy atom. The van der Waals surface area contributed by atoms with Gasteiger partial charge in [0.25, 0.3) is 5.91 Å². The molecule has 5 nitrogen and oxygen atoms in total. The lowest BCUT2D eigenvalue weighted by Gasteiger charge is -2.31. The van der Waals surface area contributed by atoms with Crippen LogP contribution in [0.3, 0.4) is 0 Å². The number of nitrogens with one attached hydrogen (secondary N) is 1. The molecule has 0 radical (unpaired) electrons. The third-order valence-corrected chi connectivity index (χ3v) is 5.32. The minimum absolute atomic E-state index is 0.137. The van der Waals surface area contributed by atoms with Gasteiger partial charge in [0.15, 0.2) is 0 Å². The fourth-order valence-corrected chi connectivity index (χ4v) is 4.09. The predicted octanol–water partition coefficient (Wildman–Crippen LogP) is 4.46. The summed E-state index contributed by atoms with van der Waals surface area (Å²) in [6.45, 7) is 6.20. The highest BCUT2D eigenvalue weighted by atomic mass is 16.5. The van der Waals surface area contributed by atoms with Gasteiger partial charge in [-0.1, -0.05) is 54.6 Å². The highest BCUT2D eigenvalue weighted by molar-refractivity contribution is 6.12. The van der Waals surface area contributed by atoms with Gasteiger partial charge in [-0.15, -0.1) is 0 Å². The molecule has 3 aromatic rings. The van der Waals surface area contributed by atoms with Crippen molar-refractivity contribution < 1.29 is 14.3 Å². The number of nitrogens with zero attached hydrogens (tertiary/aromatic N) is 1. The summed E-state index contributed by atoms with van der Waals surface area (Å²) < 4.78 is 5.47. The summed E-state index contributed by atoms with van der Waals surface area (Å²) in [5, 5.41) is 4.79. The molecule has 1 unspecified atom stereocenters. The number of hydrogen-bond acceptors (Lipinski definition) is 3. The molecule has 1 heterocycles. The Morgan fingerprint density at radius 3 is 2.40 bits per heavy atom. The summed E-state index contributed by atoms with van der Waals surface area (Å²) >= 11 is 0. The Bertz CT molecular complexity index is 1120. The molecule has 0 spiro atoms. The first kappa shape index (κ1) is 20.0. The van der Waals surface area contributed by atoms with Crippen molar-refractivity contribution in [3.8, 4) is 5.75 Å². The van der Waals surface area contributed by atoms with Gasteiger partial charge in [-0.2, -0.15) is 0 Å². The largest absolute Gasteiger partial charge is 0.496 e. The summed E-state index contributed by atoms with van der Waals surface area (Å²) in [6.07, 6.45) is 0. The number of fused-ring (bicyclic) bond motifs is 3. The second kappa shape index (κ2) is 7.48. The van der Waals surface area contributed by atoms with E-state index in [0.717, 1.165) is 27.6 Å². The molecular weight excluding hydrogens is 376 g/mol. The smallest absolute Gasteiger partial charge is 0.256 e. The maximum absolute atomic E-state index is 13.6. The fraction of sp³-hybridized carbons (Fsp3) is 0.280. The van der Waals surface area contributed by atoms with Crippen molar-refractivity contribution in [1.82, 2.24) is 10.2 Å². The van der Waals surface area contributed by atoms with Gasteiger partial charge >= 0.3 is 0 Å². The molecule has 0 aliphatic carbocycles. The van der Waals surface area contributed by atoms with Gasteiger partial charge in [-0.05, 0) is 43.4 Å². The molecule has 0 aromatic heterocycles. The monoisotopic (exact) mass is 402 g/mol. The zero-order valence-corrected chi connectivity index (χ0v) is 17.7. The van der Waals surface area contributed by atoms with Gasteiger partial charge in [0.1, 0.15) is 11.8 Å². The van der Waals surface area contributed by atoms with Gasteiger partial charge in [0, 0.05) is 17.5 Å². The van der Waals surface area contributed by atoms with E-state index in [4.69, 9.17) is 4.74 Å². The first-order valence-electron chi connectivity index (χ1n) is 10.1. The van der Waals surface area contributed by atoms with Crippen LogP contribution in [0.1, 0.15) is 48.3 Å². The second-order valence-electron chi connectivity index (χ2n) is 8.64. The van der Waals surface area contributed by atoms with E-state index in [0.29, 0.717) is 12.1 Å². The highest BCUT2D eigenvalue weighted by Crippen LogP contribution is 2.38. The summed E-state index contributed by atoms with van der Waals surface area (Å²) in [6, 6.07) is 18.4. The molecule has 4 rings (SSSR count). The summed E-state index contributed by atoms with van der Waals surface area (Å²) in [5.74, 6) is 0.408. The maximum Gasteiger partial charge on any atom is 0.256 e. The molecule has 1 aliphatic heterocycles. The zero-order chi connectivity index (χ0) is 21.5. The lowest BCUT2D eigenvalue weighted by atomic mass is 10.00. The minimum Gasteiger partial charge on any atom is -0.496 e. The summed E-state index contributed by atoms with van der Waals surface area (Å²) in [7, 11) is 1.62. The Labute approximate surface area is 176 Å². The molecule has 0 bridgehead atoms. The zero-order valence-electron chi connectivity index (χ0n) is 17.7. The quantitative estimate of drug-likeness (QED) is 0.701. The minimum atomic E-state index is -0.703. The van der Waals surface area contributed by atoms with E-state index in [9.17, 15) is 9.59 Å². The van der Waals surface area contributed by atoms with Crippen LogP contribution in [0.25, 0.3) is 10.8 Å². The van der Waals surface area contributed by atoms with Crippen molar-refractivity contribution in [2.75, 3.05) is 7.11 Å². The van der Waals surface area contributed by atoms with Crippen molar-refractivity contribution in [2.24, 2.45) is 0 Å². The third kappa shape index (κ3) is 3.52. The first-order valence-corrected chi connectivity index (χ1v) is 10.1. The van der Waals surface area contributed by atoms with Gasteiger partial charge in [-0.25, -0.2) is 0 Å². The Morgan fingerprint density at radius 1 is 1.00 bits per heavy atom. The van der Waals surface area contributed by atoms with Crippen LogP contribution in [0.5, 0.6) is 5.75 Å². The normalized spacial score (nSPS) is 14.5. The number of methoxy groups -OCH3 is 1. The average Bonchev–Trinajstić information content (AvgIpc) is 3.04. The molecule has 30 heavy (non-hydrogen) atoms. The number of carbonyl (C=O) groups excluding carboxylic acids is 2. The van der Waals surface area contributed by atoms with Crippen LogP contribution in [0.2, 0.25) is 0 Å². The van der Waals surface area contributed by atoms with E-state index in [2.05, 4.69) is 5.32 Å². The molecule has 0 fully saturated rings. The first-order chi connectivity index (χ1) is 14.3. The van der Waals surface area contributed by atoms with E-state index < -0.39 is 11.6 Å². The van der Waals surface area contributed by atoms with Crippen molar-refractivity contribution in [2.45, 2.75) is 38.9 Å². The van der Waals surface area contributed by atoms with E-state index in [1.165, 1.54) is 0 Å². The number of benzene rings is 3. The second-order valence-corrected chi connectivity index (χ2v) is 8.64. The molecule has 0 saturated carbocycles. The van der Waals surface area contributed by atoms with Crippen LogP contribution in [0, 0.1) is 0 Å². The fourth-order valence-electron chi connectivity index (χ4n) is 4.09. The van der Waals surface area contributed by atoms with Gasteiger partial charge < -0.3 is 15.0 Å². The number of hydrogen-bond donors (Lipinski definition) is 1. The Hall–Kier alpha value is -3.34. The van der Waals surface area contributed by atoms with Gasteiger partial charge in [-0.3, -0.25) is 9.59 Å². The van der Waals surface area contributed by atoms with E-state index in [1.807, 2.05) is 81.4 Å². The molecule has 1 aliphatic rings. The van der Waals surface area contributed by atoms with Crippen LogP contribution in [-0.2, 0) is 11.3 Å². The van der Waals surface area contributed by atoms with E-state index >= 15 is 0 Å².